The van der Waals surface area contributed by atoms with E-state index < -0.39 is 0 Å². The highest BCUT2D eigenvalue weighted by Crippen LogP contribution is 2.15. The van der Waals surface area contributed by atoms with E-state index in [1.807, 2.05) is 48.5 Å². The van der Waals surface area contributed by atoms with E-state index in [1.165, 1.54) is 0 Å². The Kier molecular flexibility index (Phi) is 6.08. The molecule has 0 bridgehead atoms. The normalized spacial score (nSPS) is 10.2. The van der Waals surface area contributed by atoms with Crippen molar-refractivity contribution in [1.82, 2.24) is 5.32 Å². The van der Waals surface area contributed by atoms with Crippen LogP contribution in [0, 0.1) is 0 Å². The Morgan fingerprint density at radius 1 is 1.19 bits per heavy atom. The van der Waals surface area contributed by atoms with Gasteiger partial charge in [0.05, 0.1) is 0 Å². The molecule has 5 heteroatoms. The van der Waals surface area contributed by atoms with Gasteiger partial charge in [0.25, 0.3) is 5.91 Å². The summed E-state index contributed by atoms with van der Waals surface area (Å²) in [7, 11) is 0. The molecule has 1 amide bonds. The van der Waals surface area contributed by atoms with Gasteiger partial charge >= 0.3 is 0 Å². The molecule has 0 saturated heterocycles. The maximum atomic E-state index is 11.7. The summed E-state index contributed by atoms with van der Waals surface area (Å²) in [5, 5.41) is 3.52. The summed E-state index contributed by atoms with van der Waals surface area (Å²) in [4.78, 5) is 11.7. The summed E-state index contributed by atoms with van der Waals surface area (Å²) in [6.45, 7) is 0.569. The molecule has 0 atom stereocenters. The fourth-order valence-electron chi connectivity index (χ4n) is 1.77. The molecule has 0 unspecified atom stereocenters. The number of amides is 1. The molecular formula is C16H15BrClNO2. The highest BCUT2D eigenvalue weighted by atomic mass is 79.9. The summed E-state index contributed by atoms with van der Waals surface area (Å²) in [6, 6.07) is 15.0. The van der Waals surface area contributed by atoms with E-state index in [0.717, 1.165) is 16.5 Å². The van der Waals surface area contributed by atoms with Gasteiger partial charge in [-0.2, -0.15) is 0 Å². The lowest BCUT2D eigenvalue weighted by Crippen LogP contribution is -2.30. The van der Waals surface area contributed by atoms with Crippen molar-refractivity contribution in [3.63, 3.8) is 0 Å². The highest BCUT2D eigenvalue weighted by molar-refractivity contribution is 9.10. The molecule has 0 saturated carbocycles. The Labute approximate surface area is 137 Å². The molecular weight excluding hydrogens is 354 g/mol. The molecule has 0 radical (unpaired) electrons. The second-order valence-electron chi connectivity index (χ2n) is 4.47. The van der Waals surface area contributed by atoms with Gasteiger partial charge in [0.1, 0.15) is 5.75 Å². The molecule has 2 rings (SSSR count). The molecule has 0 aliphatic heterocycles. The maximum absolute atomic E-state index is 11.7. The van der Waals surface area contributed by atoms with Gasteiger partial charge in [0, 0.05) is 16.0 Å². The maximum Gasteiger partial charge on any atom is 0.257 e. The monoisotopic (exact) mass is 367 g/mol. The third-order valence-corrected chi connectivity index (χ3v) is 3.57. The van der Waals surface area contributed by atoms with Crippen molar-refractivity contribution in [1.29, 1.82) is 0 Å². The summed E-state index contributed by atoms with van der Waals surface area (Å²) >= 11 is 9.25. The molecule has 0 fully saturated rings. The second-order valence-corrected chi connectivity index (χ2v) is 5.82. The third-order valence-electron chi connectivity index (χ3n) is 2.81. The highest BCUT2D eigenvalue weighted by Gasteiger charge is 2.03. The van der Waals surface area contributed by atoms with Crippen molar-refractivity contribution in [3.05, 3.63) is 63.6 Å². The molecule has 2 aromatic carbocycles. The van der Waals surface area contributed by atoms with Crippen LogP contribution >= 0.6 is 27.5 Å². The van der Waals surface area contributed by atoms with Gasteiger partial charge in [-0.05, 0) is 48.4 Å². The first-order valence-corrected chi connectivity index (χ1v) is 7.70. The number of halogens is 2. The van der Waals surface area contributed by atoms with E-state index in [0.29, 0.717) is 17.3 Å². The minimum atomic E-state index is -0.139. The van der Waals surface area contributed by atoms with Crippen LogP contribution in [-0.4, -0.2) is 19.1 Å². The number of carbonyl (C=O) groups is 1. The zero-order valence-electron chi connectivity index (χ0n) is 11.3. The van der Waals surface area contributed by atoms with Gasteiger partial charge in [0.2, 0.25) is 0 Å². The largest absolute Gasteiger partial charge is 0.484 e. The Bertz CT molecular complexity index is 601. The van der Waals surface area contributed by atoms with Gasteiger partial charge in [-0.1, -0.05) is 39.7 Å². The van der Waals surface area contributed by atoms with Crippen LogP contribution in [0.4, 0.5) is 0 Å². The third kappa shape index (κ3) is 5.78. The first kappa shape index (κ1) is 15.9. The van der Waals surface area contributed by atoms with Crippen LogP contribution in [0.3, 0.4) is 0 Å². The average Bonchev–Trinajstić information content (AvgIpc) is 2.47. The van der Waals surface area contributed by atoms with Crippen LogP contribution in [0.15, 0.2) is 53.0 Å². The molecule has 21 heavy (non-hydrogen) atoms. The average molecular weight is 369 g/mol. The minimum absolute atomic E-state index is 0.0111. The number of benzene rings is 2. The number of rotatable bonds is 6. The molecule has 1 N–H and O–H groups in total. The van der Waals surface area contributed by atoms with Crippen LogP contribution < -0.4 is 10.1 Å². The Morgan fingerprint density at radius 2 is 1.95 bits per heavy atom. The number of ether oxygens (including phenoxy) is 1. The van der Waals surface area contributed by atoms with Crippen molar-refractivity contribution in [2.24, 2.45) is 0 Å². The summed E-state index contributed by atoms with van der Waals surface area (Å²) < 4.78 is 6.36. The van der Waals surface area contributed by atoms with Crippen LogP contribution in [0.1, 0.15) is 5.56 Å². The van der Waals surface area contributed by atoms with Crippen LogP contribution in [-0.2, 0) is 11.2 Å². The second kappa shape index (κ2) is 8.05. The van der Waals surface area contributed by atoms with Crippen molar-refractivity contribution >= 4 is 33.4 Å². The SMILES string of the molecule is O=C(COc1ccc(Br)cc1)NCCc1cccc(Cl)c1. The van der Waals surface area contributed by atoms with Crippen molar-refractivity contribution in [2.45, 2.75) is 6.42 Å². The summed E-state index contributed by atoms with van der Waals surface area (Å²) in [6.07, 6.45) is 0.741. The Morgan fingerprint density at radius 3 is 2.67 bits per heavy atom. The molecule has 0 aromatic heterocycles. The number of carbonyl (C=O) groups excluding carboxylic acids is 1. The molecule has 0 heterocycles. The Balaban J connectivity index is 1.69. The van der Waals surface area contributed by atoms with Crippen LogP contribution in [0.5, 0.6) is 5.75 Å². The van der Waals surface area contributed by atoms with E-state index in [2.05, 4.69) is 21.2 Å². The molecule has 110 valence electrons. The van der Waals surface area contributed by atoms with Gasteiger partial charge in [-0.25, -0.2) is 0 Å². The van der Waals surface area contributed by atoms with E-state index in [1.54, 1.807) is 0 Å². The first-order valence-electron chi connectivity index (χ1n) is 6.53. The van der Waals surface area contributed by atoms with Gasteiger partial charge in [-0.15, -0.1) is 0 Å². The minimum Gasteiger partial charge on any atom is -0.484 e. The fourth-order valence-corrected chi connectivity index (χ4v) is 2.25. The predicted octanol–water partition coefficient (Wildman–Crippen LogP) is 3.84. The van der Waals surface area contributed by atoms with E-state index >= 15 is 0 Å². The number of nitrogens with one attached hydrogen (secondary N) is 1. The van der Waals surface area contributed by atoms with Gasteiger partial charge in [-0.3, -0.25) is 4.79 Å². The van der Waals surface area contributed by atoms with Crippen molar-refractivity contribution < 1.29 is 9.53 Å². The van der Waals surface area contributed by atoms with Crippen LogP contribution in [0.2, 0.25) is 5.02 Å². The standard InChI is InChI=1S/C16H15BrClNO2/c17-13-4-6-15(7-5-13)21-11-16(20)19-9-8-12-2-1-3-14(18)10-12/h1-7,10H,8-9,11H2,(H,19,20). The lowest BCUT2D eigenvalue weighted by molar-refractivity contribution is -0.123. The van der Waals surface area contributed by atoms with Gasteiger partial charge < -0.3 is 10.1 Å². The number of hydrogen-bond donors (Lipinski definition) is 1. The Hall–Kier alpha value is -1.52. The van der Waals surface area contributed by atoms with Crippen molar-refractivity contribution in [3.8, 4) is 5.75 Å². The smallest absolute Gasteiger partial charge is 0.257 e. The zero-order valence-corrected chi connectivity index (χ0v) is 13.7. The number of hydrogen-bond acceptors (Lipinski definition) is 2. The fraction of sp³-hybridized carbons (Fsp3) is 0.188. The predicted molar refractivity (Wildman–Crippen MR) is 87.8 cm³/mol. The molecule has 0 aliphatic rings. The van der Waals surface area contributed by atoms with Crippen LogP contribution in [0.25, 0.3) is 0 Å². The summed E-state index contributed by atoms with van der Waals surface area (Å²) in [5.41, 5.74) is 1.09. The van der Waals surface area contributed by atoms with E-state index in [9.17, 15) is 4.79 Å². The topological polar surface area (TPSA) is 38.3 Å². The van der Waals surface area contributed by atoms with E-state index in [-0.39, 0.29) is 12.5 Å². The lowest BCUT2D eigenvalue weighted by atomic mass is 10.1. The molecule has 3 nitrogen and oxygen atoms in total. The molecule has 0 spiro atoms. The zero-order chi connectivity index (χ0) is 15.1. The van der Waals surface area contributed by atoms with E-state index in [4.69, 9.17) is 16.3 Å². The van der Waals surface area contributed by atoms with Gasteiger partial charge in [0.15, 0.2) is 6.61 Å². The first-order chi connectivity index (χ1) is 10.1. The van der Waals surface area contributed by atoms with Crippen molar-refractivity contribution in [2.75, 3.05) is 13.2 Å². The quantitative estimate of drug-likeness (QED) is 0.841. The summed E-state index contributed by atoms with van der Waals surface area (Å²) in [5.74, 6) is 0.531. The molecule has 2 aromatic rings. The lowest BCUT2D eigenvalue weighted by Gasteiger charge is -2.08. The molecule has 0 aliphatic carbocycles.